The Labute approximate surface area is 183 Å². The van der Waals surface area contributed by atoms with Crippen LogP contribution in [0.3, 0.4) is 0 Å². The number of aliphatic hydroxyl groups is 3. The zero-order valence-corrected chi connectivity index (χ0v) is 17.0. The number of nitrogens with one attached hydrogen (secondary N) is 1. The highest BCUT2D eigenvalue weighted by molar-refractivity contribution is 7.12. The van der Waals surface area contributed by atoms with Crippen LogP contribution in [0.1, 0.15) is 15.2 Å². The Kier molecular flexibility index (Phi) is 7.56. The summed E-state index contributed by atoms with van der Waals surface area (Å²) in [6.07, 6.45) is -13.4. The fraction of sp³-hybridized carbons (Fsp3) is 0.421. The smallest absolute Gasteiger partial charge is 0.460 e. The van der Waals surface area contributed by atoms with Crippen LogP contribution < -0.4 is 14.8 Å². The lowest BCUT2D eigenvalue weighted by Crippen LogP contribution is -2.58. The number of amides is 1. The zero-order valence-electron chi connectivity index (χ0n) is 16.2. The molecule has 0 spiro atoms. The predicted octanol–water partition coefficient (Wildman–Crippen LogP) is 1.73. The number of hydrogen-bond donors (Lipinski definition) is 4. The molecule has 0 radical (unpaired) electrons. The summed E-state index contributed by atoms with van der Waals surface area (Å²) in [5, 5.41) is 33.0. The maximum Gasteiger partial charge on any atom is 0.573 e. The van der Waals surface area contributed by atoms with Crippen LogP contribution in [0.15, 0.2) is 35.7 Å². The van der Waals surface area contributed by atoms with Crippen LogP contribution in [0.2, 0.25) is 0 Å². The van der Waals surface area contributed by atoms with Crippen LogP contribution >= 0.6 is 11.3 Å². The minimum Gasteiger partial charge on any atom is -0.460 e. The van der Waals surface area contributed by atoms with Gasteiger partial charge in [-0.15, -0.1) is 24.5 Å². The van der Waals surface area contributed by atoms with Crippen molar-refractivity contribution in [2.45, 2.75) is 43.7 Å². The molecular weight excluding hydrogens is 462 g/mol. The summed E-state index contributed by atoms with van der Waals surface area (Å²) in [5.41, 5.74) is 0.501. The van der Waals surface area contributed by atoms with Crippen molar-refractivity contribution in [2.24, 2.45) is 0 Å². The summed E-state index contributed by atoms with van der Waals surface area (Å²) in [5.74, 6) is -0.989. The van der Waals surface area contributed by atoms with Crippen LogP contribution in [-0.2, 0) is 11.3 Å². The van der Waals surface area contributed by atoms with Gasteiger partial charge in [0.05, 0.1) is 6.61 Å². The lowest BCUT2D eigenvalue weighted by Gasteiger charge is -2.38. The van der Waals surface area contributed by atoms with Crippen molar-refractivity contribution < 1.29 is 51.9 Å². The van der Waals surface area contributed by atoms with Crippen LogP contribution in [-0.4, -0.2) is 65.0 Å². The van der Waals surface area contributed by atoms with Gasteiger partial charge in [-0.3, -0.25) is 4.79 Å². The van der Waals surface area contributed by atoms with E-state index in [0.29, 0.717) is 5.56 Å². The summed E-state index contributed by atoms with van der Waals surface area (Å²) in [4.78, 5) is 12.6. The molecule has 176 valence electrons. The first-order chi connectivity index (χ1) is 15.1. The van der Waals surface area contributed by atoms with E-state index in [-0.39, 0.29) is 17.2 Å². The van der Waals surface area contributed by atoms with Crippen LogP contribution in [0.5, 0.6) is 11.5 Å². The van der Waals surface area contributed by atoms with Gasteiger partial charge in [0.25, 0.3) is 5.91 Å². The van der Waals surface area contributed by atoms with E-state index in [1.807, 2.05) is 0 Å². The number of alkyl halides is 4. The van der Waals surface area contributed by atoms with Crippen molar-refractivity contribution in [2.75, 3.05) is 6.61 Å². The maximum atomic E-state index is 13.8. The molecule has 1 fully saturated rings. The molecule has 1 aliphatic heterocycles. The zero-order chi connectivity index (χ0) is 23.5. The Morgan fingerprint density at radius 1 is 1.16 bits per heavy atom. The molecule has 1 amide bonds. The van der Waals surface area contributed by atoms with E-state index in [0.717, 1.165) is 23.5 Å². The van der Waals surface area contributed by atoms with Crippen molar-refractivity contribution >= 4 is 17.2 Å². The third kappa shape index (κ3) is 5.86. The molecule has 5 unspecified atom stereocenters. The van der Waals surface area contributed by atoms with Crippen molar-refractivity contribution in [3.05, 3.63) is 46.2 Å². The Morgan fingerprint density at radius 2 is 1.84 bits per heavy atom. The second kappa shape index (κ2) is 10.0. The number of ether oxygens (including phenoxy) is 3. The van der Waals surface area contributed by atoms with E-state index in [9.17, 15) is 32.6 Å². The molecule has 1 aromatic carbocycles. The average Bonchev–Trinajstić information content (AvgIpc) is 3.20. The molecule has 1 saturated heterocycles. The molecule has 2 aromatic rings. The molecule has 8 nitrogen and oxygen atoms in total. The second-order valence-electron chi connectivity index (χ2n) is 6.76. The summed E-state index contributed by atoms with van der Waals surface area (Å²) in [6.45, 7) is -0.769. The Morgan fingerprint density at radius 3 is 2.47 bits per heavy atom. The van der Waals surface area contributed by atoms with Gasteiger partial charge in [-0.25, -0.2) is 4.39 Å². The number of rotatable bonds is 7. The van der Waals surface area contributed by atoms with Gasteiger partial charge in [0, 0.05) is 6.54 Å². The Bertz CT molecular complexity index is 906. The third-order valence-electron chi connectivity index (χ3n) is 4.49. The fourth-order valence-corrected chi connectivity index (χ4v) is 3.63. The van der Waals surface area contributed by atoms with Crippen molar-refractivity contribution in [1.29, 1.82) is 0 Å². The second-order valence-corrected chi connectivity index (χ2v) is 7.67. The van der Waals surface area contributed by atoms with Crippen molar-refractivity contribution in [3.8, 4) is 11.5 Å². The highest BCUT2D eigenvalue weighted by atomic mass is 32.1. The number of thiophene rings is 1. The molecule has 32 heavy (non-hydrogen) atoms. The first kappa shape index (κ1) is 24.2. The van der Waals surface area contributed by atoms with Gasteiger partial charge in [-0.2, -0.15) is 0 Å². The number of benzene rings is 1. The van der Waals surface area contributed by atoms with Gasteiger partial charge >= 0.3 is 6.36 Å². The van der Waals surface area contributed by atoms with Gasteiger partial charge in [0.15, 0.2) is 6.17 Å². The highest BCUT2D eigenvalue weighted by Crippen LogP contribution is 2.30. The molecule has 2 heterocycles. The van der Waals surface area contributed by atoms with Gasteiger partial charge in [-0.05, 0) is 29.1 Å². The Balaban J connectivity index is 1.61. The van der Waals surface area contributed by atoms with E-state index in [1.165, 1.54) is 23.6 Å². The lowest BCUT2D eigenvalue weighted by atomic mass is 10.0. The molecule has 3 rings (SSSR count). The topological polar surface area (TPSA) is 117 Å². The SMILES string of the molecule is O=C(NCc1ccc(OC(F)(F)F)cc1)c1sccc1OC1OC(CO)C(F)C(O)C1O. The average molecular weight is 481 g/mol. The molecule has 0 aliphatic carbocycles. The van der Waals surface area contributed by atoms with E-state index in [1.54, 1.807) is 0 Å². The van der Waals surface area contributed by atoms with Crippen molar-refractivity contribution in [1.82, 2.24) is 5.32 Å². The molecular formula is C19H19F4NO7S. The van der Waals surface area contributed by atoms with E-state index >= 15 is 0 Å². The minimum atomic E-state index is -4.81. The maximum absolute atomic E-state index is 13.8. The lowest BCUT2D eigenvalue weighted by molar-refractivity contribution is -0.274. The number of carbonyl (C=O) groups excluding carboxylic acids is 1. The number of hydrogen-bond acceptors (Lipinski definition) is 8. The molecule has 1 aliphatic rings. The van der Waals surface area contributed by atoms with E-state index in [4.69, 9.17) is 14.6 Å². The summed E-state index contributed by atoms with van der Waals surface area (Å²) in [7, 11) is 0. The number of aliphatic hydroxyl groups excluding tert-OH is 3. The van der Waals surface area contributed by atoms with Crippen molar-refractivity contribution in [3.63, 3.8) is 0 Å². The first-order valence-corrected chi connectivity index (χ1v) is 10.1. The predicted molar refractivity (Wildman–Crippen MR) is 102 cm³/mol. The van der Waals surface area contributed by atoms with Crippen LogP contribution in [0.25, 0.3) is 0 Å². The molecule has 4 N–H and O–H groups in total. The van der Waals surface area contributed by atoms with Gasteiger partial charge in [0.1, 0.15) is 34.7 Å². The van der Waals surface area contributed by atoms with E-state index in [2.05, 4.69) is 10.1 Å². The van der Waals surface area contributed by atoms with Gasteiger partial charge in [-0.1, -0.05) is 12.1 Å². The quantitative estimate of drug-likeness (QED) is 0.445. The largest absolute Gasteiger partial charge is 0.573 e. The monoisotopic (exact) mass is 481 g/mol. The molecule has 5 atom stereocenters. The van der Waals surface area contributed by atoms with Crippen LogP contribution in [0, 0.1) is 0 Å². The first-order valence-electron chi connectivity index (χ1n) is 9.22. The molecule has 13 heteroatoms. The summed E-state index contributed by atoms with van der Waals surface area (Å²) < 4.78 is 64.8. The van der Waals surface area contributed by atoms with E-state index < -0.39 is 55.4 Å². The highest BCUT2D eigenvalue weighted by Gasteiger charge is 2.46. The molecule has 0 bridgehead atoms. The minimum absolute atomic E-state index is 0.00771. The Hall–Kier alpha value is -2.45. The number of halogens is 4. The summed E-state index contributed by atoms with van der Waals surface area (Å²) in [6, 6.07) is 6.32. The molecule has 1 aromatic heterocycles. The normalized spacial score (nSPS) is 25.9. The van der Waals surface area contributed by atoms with Crippen LogP contribution in [0.4, 0.5) is 17.6 Å². The molecule has 0 saturated carbocycles. The van der Waals surface area contributed by atoms with Gasteiger partial charge < -0.3 is 34.8 Å². The summed E-state index contributed by atoms with van der Waals surface area (Å²) >= 11 is 0.994. The number of carbonyl (C=O) groups is 1. The standard InChI is InChI=1S/C19H19F4NO7S/c20-13-12(8-25)30-18(15(27)14(13)26)29-11-5-6-32-16(11)17(28)24-7-9-1-3-10(4-2-9)31-19(21,22)23/h1-6,12-15,18,25-27H,7-8H2,(H,24,28). The third-order valence-corrected chi connectivity index (χ3v) is 5.38. The fourth-order valence-electron chi connectivity index (χ4n) is 2.89. The van der Waals surface area contributed by atoms with Gasteiger partial charge in [0.2, 0.25) is 6.29 Å².